The van der Waals surface area contributed by atoms with Crippen LogP contribution in [0.4, 0.5) is 13.2 Å². The molecule has 0 radical (unpaired) electrons. The molecule has 4 heteroatoms. The fourth-order valence-corrected chi connectivity index (χ4v) is 1.00. The number of benzene rings is 1. The summed E-state index contributed by atoms with van der Waals surface area (Å²) in [5, 5.41) is 0. The molecule has 0 bridgehead atoms. The Balaban J connectivity index is 3.09. The zero-order chi connectivity index (χ0) is 10.7. The quantitative estimate of drug-likeness (QED) is 0.734. The first-order valence-electron chi connectivity index (χ1n) is 4.34. The molecular weight excluding hydrogens is 193 g/mol. The maximum absolute atomic E-state index is 13.2. The Bertz CT molecular complexity index is 337. The Morgan fingerprint density at radius 3 is 2.43 bits per heavy atom. The van der Waals surface area contributed by atoms with Gasteiger partial charge in [-0.1, -0.05) is 6.92 Å². The van der Waals surface area contributed by atoms with Crippen LogP contribution < -0.4 is 4.74 Å². The molecule has 0 heterocycles. The summed E-state index contributed by atoms with van der Waals surface area (Å²) in [5.74, 6) is -3.36. The van der Waals surface area contributed by atoms with Crippen molar-refractivity contribution >= 4 is 0 Å². The first kappa shape index (κ1) is 10.9. The molecule has 1 aromatic rings. The molecule has 78 valence electrons. The predicted octanol–water partition coefficient (Wildman–Crippen LogP) is 3.20. The number of hydrogen-bond donors (Lipinski definition) is 0. The number of halogens is 3. The summed E-state index contributed by atoms with van der Waals surface area (Å²) >= 11 is 0. The van der Waals surface area contributed by atoms with Crippen LogP contribution in [0.15, 0.2) is 6.07 Å². The lowest BCUT2D eigenvalue weighted by Crippen LogP contribution is -2.03. The number of hydrogen-bond acceptors (Lipinski definition) is 1. The highest BCUT2D eigenvalue weighted by atomic mass is 19.1. The van der Waals surface area contributed by atoms with Crippen molar-refractivity contribution in [2.45, 2.75) is 20.3 Å². The Morgan fingerprint density at radius 1 is 1.21 bits per heavy atom. The lowest BCUT2D eigenvalue weighted by molar-refractivity contribution is 0.282. The van der Waals surface area contributed by atoms with E-state index in [9.17, 15) is 13.2 Å². The summed E-state index contributed by atoms with van der Waals surface area (Å²) < 4.78 is 43.9. The van der Waals surface area contributed by atoms with Crippen LogP contribution in [0.2, 0.25) is 0 Å². The van der Waals surface area contributed by atoms with Gasteiger partial charge in [0, 0.05) is 11.6 Å². The lowest BCUT2D eigenvalue weighted by atomic mass is 10.2. The molecule has 14 heavy (non-hydrogen) atoms. The molecule has 0 aliphatic heterocycles. The Kier molecular flexibility index (Phi) is 3.38. The fourth-order valence-electron chi connectivity index (χ4n) is 1.00. The molecule has 0 aliphatic rings. The van der Waals surface area contributed by atoms with Crippen LogP contribution in [0.1, 0.15) is 18.9 Å². The Morgan fingerprint density at radius 2 is 1.86 bits per heavy atom. The minimum atomic E-state index is -1.00. The molecule has 0 atom stereocenters. The molecule has 0 unspecified atom stereocenters. The summed E-state index contributed by atoms with van der Waals surface area (Å²) in [4.78, 5) is 0. The van der Waals surface area contributed by atoms with E-state index in [0.717, 1.165) is 0 Å². The molecule has 0 aromatic heterocycles. The third-order valence-corrected chi connectivity index (χ3v) is 1.81. The predicted molar refractivity (Wildman–Crippen MR) is 46.8 cm³/mol. The molecule has 0 aliphatic carbocycles. The van der Waals surface area contributed by atoms with Gasteiger partial charge >= 0.3 is 0 Å². The van der Waals surface area contributed by atoms with E-state index in [-0.39, 0.29) is 12.2 Å². The largest absolute Gasteiger partial charge is 0.488 e. The third kappa shape index (κ3) is 2.00. The van der Waals surface area contributed by atoms with Gasteiger partial charge in [0.05, 0.1) is 6.61 Å². The summed E-state index contributed by atoms with van der Waals surface area (Å²) in [6, 6.07) is 0.628. The van der Waals surface area contributed by atoms with Gasteiger partial charge in [0.2, 0.25) is 0 Å². The van der Waals surface area contributed by atoms with E-state index in [4.69, 9.17) is 4.74 Å². The van der Waals surface area contributed by atoms with Crippen molar-refractivity contribution in [2.75, 3.05) is 6.61 Å². The molecule has 1 aromatic carbocycles. The minimum Gasteiger partial charge on any atom is -0.488 e. The van der Waals surface area contributed by atoms with Crippen LogP contribution in [0.5, 0.6) is 5.75 Å². The molecule has 0 amide bonds. The maximum Gasteiger partial charge on any atom is 0.191 e. The third-order valence-electron chi connectivity index (χ3n) is 1.81. The van der Waals surface area contributed by atoms with Crippen molar-refractivity contribution in [1.29, 1.82) is 0 Å². The van der Waals surface area contributed by atoms with Crippen molar-refractivity contribution in [2.24, 2.45) is 0 Å². The van der Waals surface area contributed by atoms with Gasteiger partial charge in [-0.15, -0.1) is 0 Å². The average molecular weight is 204 g/mol. The van der Waals surface area contributed by atoms with E-state index in [0.29, 0.717) is 12.5 Å². The van der Waals surface area contributed by atoms with Gasteiger partial charge in [-0.2, -0.15) is 0 Å². The first-order chi connectivity index (χ1) is 6.57. The van der Waals surface area contributed by atoms with Crippen molar-refractivity contribution < 1.29 is 17.9 Å². The van der Waals surface area contributed by atoms with Crippen LogP contribution in [-0.2, 0) is 0 Å². The summed E-state index contributed by atoms with van der Waals surface area (Å²) in [6.07, 6.45) is 0.634. The van der Waals surface area contributed by atoms with Crippen molar-refractivity contribution in [3.05, 3.63) is 29.1 Å². The van der Waals surface area contributed by atoms with Crippen LogP contribution in [0, 0.1) is 24.4 Å². The standard InChI is InChI=1S/C10H11F3O/c1-3-4-14-10-8(12)5-7(11)6(2)9(10)13/h5H,3-4H2,1-2H3. The molecule has 0 fully saturated rings. The van der Waals surface area contributed by atoms with Gasteiger partial charge in [-0.05, 0) is 13.3 Å². The summed E-state index contributed by atoms with van der Waals surface area (Å²) in [5.41, 5.74) is -0.225. The fraction of sp³-hybridized carbons (Fsp3) is 0.400. The van der Waals surface area contributed by atoms with E-state index >= 15 is 0 Å². The molecule has 0 saturated heterocycles. The second-order valence-electron chi connectivity index (χ2n) is 2.96. The highest BCUT2D eigenvalue weighted by Gasteiger charge is 2.16. The monoisotopic (exact) mass is 204 g/mol. The van der Waals surface area contributed by atoms with E-state index in [1.807, 2.05) is 6.92 Å². The van der Waals surface area contributed by atoms with Crippen LogP contribution in [0.3, 0.4) is 0 Å². The lowest BCUT2D eigenvalue weighted by Gasteiger charge is -2.09. The molecule has 0 N–H and O–H groups in total. The minimum absolute atomic E-state index is 0.207. The van der Waals surface area contributed by atoms with Crippen LogP contribution in [0.25, 0.3) is 0 Å². The van der Waals surface area contributed by atoms with Gasteiger partial charge in [0.25, 0.3) is 0 Å². The van der Waals surface area contributed by atoms with Crippen LogP contribution >= 0.6 is 0 Å². The van der Waals surface area contributed by atoms with E-state index < -0.39 is 23.2 Å². The summed E-state index contributed by atoms with van der Waals surface area (Å²) in [7, 11) is 0. The van der Waals surface area contributed by atoms with Crippen LogP contribution in [-0.4, -0.2) is 6.61 Å². The maximum atomic E-state index is 13.2. The molecule has 1 rings (SSSR count). The van der Waals surface area contributed by atoms with Gasteiger partial charge in [0.15, 0.2) is 17.4 Å². The van der Waals surface area contributed by atoms with E-state index in [1.165, 1.54) is 6.92 Å². The molecular formula is C10H11F3O. The smallest absolute Gasteiger partial charge is 0.191 e. The molecule has 1 nitrogen and oxygen atoms in total. The second kappa shape index (κ2) is 4.35. The second-order valence-corrected chi connectivity index (χ2v) is 2.96. The average Bonchev–Trinajstić information content (AvgIpc) is 2.14. The van der Waals surface area contributed by atoms with Gasteiger partial charge < -0.3 is 4.74 Å². The molecule has 0 spiro atoms. The highest BCUT2D eigenvalue weighted by molar-refractivity contribution is 5.33. The SMILES string of the molecule is CCCOc1c(F)cc(F)c(C)c1F. The van der Waals surface area contributed by atoms with Crippen molar-refractivity contribution in [1.82, 2.24) is 0 Å². The van der Waals surface area contributed by atoms with E-state index in [2.05, 4.69) is 0 Å². The molecule has 0 saturated carbocycles. The Labute approximate surface area is 80.5 Å². The number of rotatable bonds is 3. The highest BCUT2D eigenvalue weighted by Crippen LogP contribution is 2.26. The topological polar surface area (TPSA) is 9.23 Å². The normalized spacial score (nSPS) is 10.4. The summed E-state index contributed by atoms with van der Waals surface area (Å²) in [6.45, 7) is 3.26. The zero-order valence-electron chi connectivity index (χ0n) is 8.03. The Hall–Kier alpha value is -1.19. The van der Waals surface area contributed by atoms with E-state index in [1.54, 1.807) is 0 Å². The van der Waals surface area contributed by atoms with Gasteiger partial charge in [0.1, 0.15) is 5.82 Å². The number of ether oxygens (including phenoxy) is 1. The van der Waals surface area contributed by atoms with Gasteiger partial charge in [-0.25, -0.2) is 13.2 Å². The zero-order valence-corrected chi connectivity index (χ0v) is 8.03. The first-order valence-corrected chi connectivity index (χ1v) is 4.34. The van der Waals surface area contributed by atoms with Crippen molar-refractivity contribution in [3.63, 3.8) is 0 Å². The van der Waals surface area contributed by atoms with Crippen molar-refractivity contribution in [3.8, 4) is 5.75 Å². The van der Waals surface area contributed by atoms with Gasteiger partial charge in [-0.3, -0.25) is 0 Å².